The van der Waals surface area contributed by atoms with E-state index in [-0.39, 0.29) is 11.1 Å². The third-order valence-electron chi connectivity index (χ3n) is 3.28. The first-order valence-corrected chi connectivity index (χ1v) is 7.70. The Morgan fingerprint density at radius 3 is 2.52 bits per heavy atom. The van der Waals surface area contributed by atoms with E-state index in [0.717, 1.165) is 22.2 Å². The fourth-order valence-corrected chi connectivity index (χ4v) is 3.56. The second-order valence-electron chi connectivity index (χ2n) is 4.64. The van der Waals surface area contributed by atoms with Crippen molar-refractivity contribution in [3.63, 3.8) is 0 Å². The normalized spacial score (nSPS) is 13.4. The Morgan fingerprint density at radius 2 is 1.95 bits per heavy atom. The predicted molar refractivity (Wildman–Crippen MR) is 81.9 cm³/mol. The molecule has 1 aromatic heterocycles. The van der Waals surface area contributed by atoms with E-state index in [9.17, 15) is 13.2 Å². The van der Waals surface area contributed by atoms with Gasteiger partial charge in [-0.25, -0.2) is 0 Å². The zero-order chi connectivity index (χ0) is 15.6. The summed E-state index contributed by atoms with van der Waals surface area (Å²) in [5, 5.41) is 2.91. The summed E-state index contributed by atoms with van der Waals surface area (Å²) in [5.41, 5.74) is -0.258. The molecular formula is C15H15ClF3NS. The van der Waals surface area contributed by atoms with Crippen LogP contribution in [-0.4, -0.2) is 7.05 Å². The molecule has 114 valence electrons. The van der Waals surface area contributed by atoms with Crippen LogP contribution in [0.2, 0.25) is 5.02 Å². The first-order chi connectivity index (χ1) is 9.86. The summed E-state index contributed by atoms with van der Waals surface area (Å²) in [7, 11) is 1.87. The molecule has 21 heavy (non-hydrogen) atoms. The van der Waals surface area contributed by atoms with E-state index < -0.39 is 11.7 Å². The minimum absolute atomic E-state index is 0.220. The van der Waals surface area contributed by atoms with Crippen LogP contribution < -0.4 is 5.32 Å². The van der Waals surface area contributed by atoms with Gasteiger partial charge in [0.2, 0.25) is 0 Å². The van der Waals surface area contributed by atoms with Gasteiger partial charge >= 0.3 is 6.18 Å². The average molecular weight is 334 g/mol. The molecule has 1 aromatic carbocycles. The first-order valence-electron chi connectivity index (χ1n) is 6.51. The zero-order valence-electron chi connectivity index (χ0n) is 11.6. The highest BCUT2D eigenvalue weighted by Gasteiger charge is 2.33. The van der Waals surface area contributed by atoms with Crippen molar-refractivity contribution in [2.75, 3.05) is 7.05 Å². The van der Waals surface area contributed by atoms with E-state index >= 15 is 0 Å². The third-order valence-corrected chi connectivity index (χ3v) is 4.86. The largest absolute Gasteiger partial charge is 0.417 e. The Kier molecular flexibility index (Phi) is 4.96. The summed E-state index contributed by atoms with van der Waals surface area (Å²) < 4.78 is 38.7. The summed E-state index contributed by atoms with van der Waals surface area (Å²) in [6.07, 6.45) is -3.52. The molecule has 0 aliphatic rings. The monoisotopic (exact) mass is 333 g/mol. The summed E-state index contributed by atoms with van der Waals surface area (Å²) in [4.78, 5) is 1.92. The maximum absolute atomic E-state index is 12.9. The molecule has 0 saturated heterocycles. The van der Waals surface area contributed by atoms with Crippen LogP contribution in [0.4, 0.5) is 13.2 Å². The van der Waals surface area contributed by atoms with E-state index in [1.165, 1.54) is 17.4 Å². The molecule has 0 spiro atoms. The summed E-state index contributed by atoms with van der Waals surface area (Å²) in [6.45, 7) is 2.06. The highest BCUT2D eigenvalue weighted by molar-refractivity contribution is 7.15. The van der Waals surface area contributed by atoms with Gasteiger partial charge in [0.1, 0.15) is 0 Å². The molecule has 1 unspecified atom stereocenters. The lowest BCUT2D eigenvalue weighted by atomic mass is 10.1. The van der Waals surface area contributed by atoms with Gasteiger partial charge in [-0.05, 0) is 43.3 Å². The standard InChI is InChI=1S/C15H15ClF3NS/c1-3-12(20-2)14-7-6-13(21-14)9-4-5-11(16)10(8-9)15(17,18)19/h4-8,12,20H,3H2,1-2H3. The molecule has 6 heteroatoms. The molecule has 0 bridgehead atoms. The number of rotatable bonds is 4. The molecule has 1 atom stereocenters. The molecule has 2 aromatic rings. The fraction of sp³-hybridized carbons (Fsp3) is 0.333. The van der Waals surface area contributed by atoms with Crippen molar-refractivity contribution in [2.45, 2.75) is 25.6 Å². The second kappa shape index (κ2) is 6.38. The molecule has 0 aliphatic heterocycles. The van der Waals surface area contributed by atoms with Gasteiger partial charge in [-0.1, -0.05) is 24.6 Å². The van der Waals surface area contributed by atoms with Crippen molar-refractivity contribution in [1.29, 1.82) is 0 Å². The number of benzene rings is 1. The highest BCUT2D eigenvalue weighted by atomic mass is 35.5. The smallest absolute Gasteiger partial charge is 0.312 e. The molecule has 2 rings (SSSR count). The maximum atomic E-state index is 12.9. The van der Waals surface area contributed by atoms with Crippen LogP contribution in [0.25, 0.3) is 10.4 Å². The van der Waals surface area contributed by atoms with Crippen molar-refractivity contribution in [3.05, 3.63) is 45.8 Å². The Hall–Kier alpha value is -1.04. The van der Waals surface area contributed by atoms with Gasteiger partial charge in [-0.3, -0.25) is 0 Å². The minimum atomic E-state index is -4.44. The number of nitrogens with one attached hydrogen (secondary N) is 1. The SMILES string of the molecule is CCC(NC)c1ccc(-c2ccc(Cl)c(C(F)(F)F)c2)s1. The third kappa shape index (κ3) is 3.59. The second-order valence-corrected chi connectivity index (χ2v) is 6.17. The Morgan fingerprint density at radius 1 is 1.24 bits per heavy atom. The summed E-state index contributed by atoms with van der Waals surface area (Å²) in [5.74, 6) is 0. The summed E-state index contributed by atoms with van der Waals surface area (Å²) >= 11 is 7.14. The fourth-order valence-electron chi connectivity index (χ4n) is 2.14. The Bertz CT molecular complexity index is 618. The van der Waals surface area contributed by atoms with Crippen LogP contribution in [0, 0.1) is 0 Å². The number of thiophene rings is 1. The van der Waals surface area contributed by atoms with Crippen molar-refractivity contribution in [2.24, 2.45) is 0 Å². The van der Waals surface area contributed by atoms with Crippen LogP contribution in [0.15, 0.2) is 30.3 Å². The van der Waals surface area contributed by atoms with Gasteiger partial charge in [0.15, 0.2) is 0 Å². The topological polar surface area (TPSA) is 12.0 Å². The number of halogens is 4. The van der Waals surface area contributed by atoms with Crippen LogP contribution in [0.3, 0.4) is 0 Å². The van der Waals surface area contributed by atoms with Gasteiger partial charge in [-0.15, -0.1) is 11.3 Å². The van der Waals surface area contributed by atoms with Crippen LogP contribution in [-0.2, 0) is 6.18 Å². The lowest BCUT2D eigenvalue weighted by Gasteiger charge is -2.11. The lowest BCUT2D eigenvalue weighted by molar-refractivity contribution is -0.137. The van der Waals surface area contributed by atoms with E-state index in [0.29, 0.717) is 5.56 Å². The molecule has 1 N–H and O–H groups in total. The maximum Gasteiger partial charge on any atom is 0.417 e. The molecular weight excluding hydrogens is 319 g/mol. The minimum Gasteiger partial charge on any atom is -0.312 e. The van der Waals surface area contributed by atoms with Crippen molar-refractivity contribution < 1.29 is 13.2 Å². The molecule has 0 amide bonds. The quantitative estimate of drug-likeness (QED) is 0.750. The first kappa shape index (κ1) is 16.3. The van der Waals surface area contributed by atoms with Crippen LogP contribution in [0.5, 0.6) is 0 Å². The van der Waals surface area contributed by atoms with Gasteiger partial charge in [-0.2, -0.15) is 13.2 Å². The number of hydrogen-bond acceptors (Lipinski definition) is 2. The molecule has 1 nitrogen and oxygen atoms in total. The lowest BCUT2D eigenvalue weighted by Crippen LogP contribution is -2.13. The van der Waals surface area contributed by atoms with Gasteiger partial charge < -0.3 is 5.32 Å². The Balaban J connectivity index is 2.39. The van der Waals surface area contributed by atoms with Gasteiger partial charge in [0.25, 0.3) is 0 Å². The van der Waals surface area contributed by atoms with E-state index in [2.05, 4.69) is 12.2 Å². The van der Waals surface area contributed by atoms with Crippen molar-refractivity contribution in [1.82, 2.24) is 5.32 Å². The van der Waals surface area contributed by atoms with Gasteiger partial charge in [0.05, 0.1) is 10.6 Å². The van der Waals surface area contributed by atoms with Gasteiger partial charge in [0, 0.05) is 15.8 Å². The van der Waals surface area contributed by atoms with Crippen molar-refractivity contribution >= 4 is 22.9 Å². The molecule has 0 saturated carbocycles. The zero-order valence-corrected chi connectivity index (χ0v) is 13.2. The number of hydrogen-bond donors (Lipinski definition) is 1. The average Bonchev–Trinajstić information content (AvgIpc) is 2.89. The number of alkyl halides is 3. The van der Waals surface area contributed by atoms with Crippen LogP contribution >= 0.6 is 22.9 Å². The van der Waals surface area contributed by atoms with E-state index in [1.54, 1.807) is 6.07 Å². The molecule has 0 aliphatic carbocycles. The van der Waals surface area contributed by atoms with Crippen LogP contribution in [0.1, 0.15) is 29.8 Å². The van der Waals surface area contributed by atoms with Crippen molar-refractivity contribution in [3.8, 4) is 10.4 Å². The highest BCUT2D eigenvalue weighted by Crippen LogP contribution is 2.39. The van der Waals surface area contributed by atoms with E-state index in [1.807, 2.05) is 19.2 Å². The molecule has 1 heterocycles. The molecule has 0 fully saturated rings. The predicted octanol–water partition coefficient (Wildman–Crippen LogP) is 5.76. The van der Waals surface area contributed by atoms with E-state index in [4.69, 9.17) is 11.6 Å². The summed E-state index contributed by atoms with van der Waals surface area (Å²) in [6, 6.07) is 8.05. The Labute approximate surface area is 130 Å². The molecule has 0 radical (unpaired) electrons.